The van der Waals surface area contributed by atoms with Gasteiger partial charge in [0.1, 0.15) is 12.0 Å². The molecule has 0 radical (unpaired) electrons. The van der Waals surface area contributed by atoms with Gasteiger partial charge < -0.3 is 15.1 Å². The Morgan fingerprint density at radius 3 is 2.87 bits per heavy atom. The summed E-state index contributed by atoms with van der Waals surface area (Å²) in [4.78, 5) is 1.96. The van der Waals surface area contributed by atoms with Gasteiger partial charge in [-0.15, -0.1) is 0 Å². The molecule has 1 aliphatic rings. The second-order valence-electron chi connectivity index (χ2n) is 4.20. The van der Waals surface area contributed by atoms with Crippen LogP contribution in [0.25, 0.3) is 0 Å². The van der Waals surface area contributed by atoms with Crippen LogP contribution in [0.3, 0.4) is 0 Å². The van der Waals surface area contributed by atoms with Crippen molar-refractivity contribution in [1.82, 2.24) is 0 Å². The van der Waals surface area contributed by atoms with Gasteiger partial charge in [0.25, 0.3) is 0 Å². The zero-order valence-electron chi connectivity index (χ0n) is 9.14. The Bertz CT molecular complexity index is 363. The van der Waals surface area contributed by atoms with Crippen LogP contribution in [0.4, 0.5) is 5.69 Å². The molecule has 0 spiro atoms. The van der Waals surface area contributed by atoms with Gasteiger partial charge in [0.2, 0.25) is 0 Å². The quantitative estimate of drug-likeness (QED) is 0.739. The molecule has 1 aromatic rings. The Labute approximate surface area is 90.0 Å². The number of aliphatic hydroxyl groups excluding tert-OH is 1. The zero-order chi connectivity index (χ0) is 11.0. The first kappa shape index (κ1) is 10.3. The summed E-state index contributed by atoms with van der Waals surface area (Å²) >= 11 is 0. The first-order valence-electron chi connectivity index (χ1n) is 5.38. The van der Waals surface area contributed by atoms with Crippen LogP contribution < -0.4 is 4.90 Å². The van der Waals surface area contributed by atoms with E-state index < -0.39 is 6.23 Å². The van der Waals surface area contributed by atoms with E-state index in [4.69, 9.17) is 0 Å². The highest BCUT2D eigenvalue weighted by Gasteiger charge is 2.27. The van der Waals surface area contributed by atoms with Crippen LogP contribution in [0.1, 0.15) is 25.8 Å². The van der Waals surface area contributed by atoms with Gasteiger partial charge in [0.15, 0.2) is 0 Å². The molecule has 2 N–H and O–H groups in total. The Balaban J connectivity index is 2.48. The summed E-state index contributed by atoms with van der Waals surface area (Å²) in [6.07, 6.45) is 1.34. The van der Waals surface area contributed by atoms with Crippen molar-refractivity contribution in [3.8, 4) is 5.75 Å². The summed E-state index contributed by atoms with van der Waals surface area (Å²) in [7, 11) is 0. The highest BCUT2D eigenvalue weighted by molar-refractivity contribution is 5.61. The van der Waals surface area contributed by atoms with Crippen LogP contribution in [-0.4, -0.2) is 22.5 Å². The average molecular weight is 207 g/mol. The Morgan fingerprint density at radius 2 is 2.20 bits per heavy atom. The lowest BCUT2D eigenvalue weighted by atomic mass is 9.95. The lowest BCUT2D eigenvalue weighted by Gasteiger charge is -2.39. The van der Waals surface area contributed by atoms with Crippen molar-refractivity contribution in [1.29, 1.82) is 0 Å². The number of aromatic hydroxyl groups is 1. The van der Waals surface area contributed by atoms with Gasteiger partial charge in [-0.3, -0.25) is 0 Å². The minimum absolute atomic E-state index is 0.319. The Hall–Kier alpha value is -1.22. The molecular formula is C12H17NO2. The van der Waals surface area contributed by atoms with Gasteiger partial charge in [-0.1, -0.05) is 6.07 Å². The molecule has 1 aliphatic heterocycles. The maximum Gasteiger partial charge on any atom is 0.124 e. The fourth-order valence-corrected chi connectivity index (χ4v) is 2.36. The maximum atomic E-state index is 9.73. The van der Waals surface area contributed by atoms with E-state index in [-0.39, 0.29) is 0 Å². The number of fused-ring (bicyclic) bond motifs is 1. The molecule has 2 rings (SSSR count). The maximum absolute atomic E-state index is 9.73. The fraction of sp³-hybridized carbons (Fsp3) is 0.500. The average Bonchev–Trinajstić information content (AvgIpc) is 2.17. The number of hydrogen-bond donors (Lipinski definition) is 2. The third-order valence-electron chi connectivity index (χ3n) is 3.09. The molecule has 0 fully saturated rings. The van der Waals surface area contributed by atoms with Crippen LogP contribution in [-0.2, 0) is 6.42 Å². The van der Waals surface area contributed by atoms with Crippen LogP contribution in [0.5, 0.6) is 5.75 Å². The number of phenols is 1. The van der Waals surface area contributed by atoms with Crippen molar-refractivity contribution in [3.63, 3.8) is 0 Å². The summed E-state index contributed by atoms with van der Waals surface area (Å²) in [5, 5.41) is 19.5. The first-order chi connectivity index (χ1) is 7.11. The lowest BCUT2D eigenvalue weighted by Crippen LogP contribution is -2.43. The van der Waals surface area contributed by atoms with Crippen LogP contribution >= 0.6 is 0 Å². The number of benzene rings is 1. The molecule has 82 valence electrons. The van der Waals surface area contributed by atoms with Gasteiger partial charge in [-0.2, -0.15) is 0 Å². The lowest BCUT2D eigenvalue weighted by molar-refractivity contribution is 0.174. The van der Waals surface area contributed by atoms with Crippen LogP contribution in [0.15, 0.2) is 18.2 Å². The first-order valence-corrected chi connectivity index (χ1v) is 5.38. The molecule has 1 unspecified atom stereocenters. The summed E-state index contributed by atoms with van der Waals surface area (Å²) in [6.45, 7) is 3.86. The Morgan fingerprint density at radius 1 is 1.47 bits per heavy atom. The van der Waals surface area contributed by atoms with E-state index in [9.17, 15) is 10.2 Å². The third kappa shape index (κ3) is 1.67. The monoisotopic (exact) mass is 207 g/mol. The summed E-state index contributed by atoms with van der Waals surface area (Å²) in [5.41, 5.74) is 1.92. The van der Waals surface area contributed by atoms with E-state index >= 15 is 0 Å². The molecule has 3 nitrogen and oxygen atoms in total. The molecule has 0 aromatic heterocycles. The van der Waals surface area contributed by atoms with E-state index in [0.29, 0.717) is 11.8 Å². The zero-order valence-corrected chi connectivity index (χ0v) is 9.14. The number of aliphatic hydroxyl groups is 1. The van der Waals surface area contributed by atoms with Crippen molar-refractivity contribution in [3.05, 3.63) is 23.8 Å². The van der Waals surface area contributed by atoms with E-state index in [0.717, 1.165) is 24.1 Å². The standard InChI is InChI=1S/C12H17NO2/c1-8-6-7-10-11(13(8)9(2)14)4-3-5-12(10)15/h3-5,8-9,14-15H,6-7H2,1-2H3/t8-,9?/m0/s1. The van der Waals surface area contributed by atoms with Gasteiger partial charge >= 0.3 is 0 Å². The van der Waals surface area contributed by atoms with E-state index in [1.54, 1.807) is 13.0 Å². The molecule has 3 heteroatoms. The van der Waals surface area contributed by atoms with Gasteiger partial charge in [0, 0.05) is 17.3 Å². The van der Waals surface area contributed by atoms with Gasteiger partial charge in [-0.05, 0) is 38.8 Å². The second-order valence-corrected chi connectivity index (χ2v) is 4.20. The summed E-state index contributed by atoms with van der Waals surface area (Å²) < 4.78 is 0. The smallest absolute Gasteiger partial charge is 0.124 e. The molecule has 15 heavy (non-hydrogen) atoms. The molecular weight excluding hydrogens is 190 g/mol. The number of rotatable bonds is 1. The van der Waals surface area contributed by atoms with Crippen LogP contribution in [0.2, 0.25) is 0 Å². The molecule has 0 bridgehead atoms. The normalized spacial score (nSPS) is 22.3. The largest absolute Gasteiger partial charge is 0.508 e. The number of nitrogens with zero attached hydrogens (tertiary/aromatic N) is 1. The van der Waals surface area contributed by atoms with Crippen molar-refractivity contribution in [2.45, 2.75) is 39.0 Å². The van der Waals surface area contributed by atoms with Gasteiger partial charge in [-0.25, -0.2) is 0 Å². The van der Waals surface area contributed by atoms with Crippen molar-refractivity contribution in [2.24, 2.45) is 0 Å². The molecule has 1 heterocycles. The minimum atomic E-state index is -0.513. The highest BCUT2D eigenvalue weighted by atomic mass is 16.3. The Kier molecular flexibility index (Phi) is 2.57. The number of hydrogen-bond acceptors (Lipinski definition) is 3. The molecule has 0 saturated carbocycles. The highest BCUT2D eigenvalue weighted by Crippen LogP contribution is 2.36. The van der Waals surface area contributed by atoms with Crippen molar-refractivity contribution < 1.29 is 10.2 Å². The van der Waals surface area contributed by atoms with E-state index in [1.165, 1.54) is 0 Å². The van der Waals surface area contributed by atoms with Crippen LogP contribution in [0, 0.1) is 0 Å². The van der Waals surface area contributed by atoms with E-state index in [1.807, 2.05) is 17.0 Å². The molecule has 0 aliphatic carbocycles. The second kappa shape index (κ2) is 3.74. The third-order valence-corrected chi connectivity index (χ3v) is 3.09. The molecule has 1 aromatic carbocycles. The van der Waals surface area contributed by atoms with Crippen molar-refractivity contribution in [2.75, 3.05) is 4.90 Å². The predicted molar refractivity (Wildman–Crippen MR) is 60.0 cm³/mol. The SMILES string of the molecule is CC(O)N1c2cccc(O)c2CC[C@@H]1C. The molecule has 0 saturated heterocycles. The number of phenolic OH excluding ortho intramolecular Hbond substituents is 1. The van der Waals surface area contributed by atoms with Gasteiger partial charge in [0.05, 0.1) is 0 Å². The van der Waals surface area contributed by atoms with E-state index in [2.05, 4.69) is 6.92 Å². The molecule has 0 amide bonds. The fourth-order valence-electron chi connectivity index (χ4n) is 2.36. The predicted octanol–water partition coefficient (Wildman–Crippen LogP) is 1.87. The topological polar surface area (TPSA) is 43.7 Å². The van der Waals surface area contributed by atoms with Crippen molar-refractivity contribution >= 4 is 5.69 Å². The summed E-state index contributed by atoms with van der Waals surface area (Å²) in [6, 6.07) is 5.80. The number of anilines is 1. The summed E-state index contributed by atoms with van der Waals surface area (Å²) in [5.74, 6) is 0.338. The molecule has 2 atom stereocenters. The minimum Gasteiger partial charge on any atom is -0.508 e.